The number of benzene rings is 1. The average Bonchev–Trinajstić information content (AvgIpc) is 3.15. The van der Waals surface area contributed by atoms with Crippen molar-refractivity contribution < 1.29 is 9.53 Å². The summed E-state index contributed by atoms with van der Waals surface area (Å²) in [6.07, 6.45) is 1.28. The second kappa shape index (κ2) is 9.13. The lowest BCUT2D eigenvalue weighted by Gasteiger charge is -2.25. The summed E-state index contributed by atoms with van der Waals surface area (Å²) in [6, 6.07) is 11.0. The Morgan fingerprint density at radius 3 is 2.75 bits per heavy atom. The maximum absolute atomic E-state index is 12.3. The highest BCUT2D eigenvalue weighted by Crippen LogP contribution is 2.38. The second-order valence-corrected chi connectivity index (χ2v) is 8.07. The number of nitrogens with zero attached hydrogens (tertiary/aromatic N) is 3. The third kappa shape index (κ3) is 4.60. The summed E-state index contributed by atoms with van der Waals surface area (Å²) in [5, 5.41) is 10.2. The van der Waals surface area contributed by atoms with E-state index in [9.17, 15) is 4.79 Å². The average molecular weight is 483 g/mol. The fourth-order valence-electron chi connectivity index (χ4n) is 3.48. The Morgan fingerprint density at radius 1 is 1.36 bits per heavy atom. The van der Waals surface area contributed by atoms with Crippen LogP contribution >= 0.6 is 39.1 Å². The van der Waals surface area contributed by atoms with E-state index in [1.807, 2.05) is 30.0 Å². The van der Waals surface area contributed by atoms with Crippen LogP contribution in [-0.2, 0) is 4.79 Å². The molecule has 1 aromatic carbocycles. The maximum atomic E-state index is 12.3. The first-order valence-corrected chi connectivity index (χ1v) is 10.6. The van der Waals surface area contributed by atoms with Crippen LogP contribution in [0.4, 0.5) is 0 Å². The normalized spacial score (nSPS) is 19.9. The van der Waals surface area contributed by atoms with Gasteiger partial charge in [0.1, 0.15) is 12.2 Å². The van der Waals surface area contributed by atoms with E-state index in [1.54, 1.807) is 18.2 Å². The molecule has 8 heteroatoms. The number of hydrogen-bond donors (Lipinski definition) is 0. The van der Waals surface area contributed by atoms with Gasteiger partial charge < -0.3 is 9.64 Å². The third-order valence-corrected chi connectivity index (χ3v) is 6.20. The molecule has 1 saturated heterocycles. The van der Waals surface area contributed by atoms with Crippen LogP contribution in [0.25, 0.3) is 0 Å². The Kier molecular flexibility index (Phi) is 6.82. The molecule has 1 aliphatic heterocycles. The topological polar surface area (TPSA) is 66.2 Å². The quantitative estimate of drug-likeness (QED) is 0.581. The van der Waals surface area contributed by atoms with Crippen molar-refractivity contribution in [1.82, 2.24) is 9.88 Å². The minimum absolute atomic E-state index is 0.0382. The fourth-order valence-corrected chi connectivity index (χ4v) is 4.14. The highest BCUT2D eigenvalue weighted by atomic mass is 79.9. The van der Waals surface area contributed by atoms with Crippen LogP contribution < -0.4 is 4.74 Å². The number of carbonyl (C=O) groups excluding carboxylic acids is 1. The van der Waals surface area contributed by atoms with Gasteiger partial charge in [-0.1, -0.05) is 45.2 Å². The smallest absolute Gasteiger partial charge is 0.233 e. The minimum Gasteiger partial charge on any atom is -0.474 e. The zero-order valence-corrected chi connectivity index (χ0v) is 18.2. The van der Waals surface area contributed by atoms with Crippen LogP contribution in [0.2, 0.25) is 10.0 Å². The van der Waals surface area contributed by atoms with Crippen molar-refractivity contribution in [2.45, 2.75) is 18.9 Å². The molecule has 1 aromatic heterocycles. The van der Waals surface area contributed by atoms with Gasteiger partial charge in [0.25, 0.3) is 0 Å². The maximum Gasteiger partial charge on any atom is 0.233 e. The van der Waals surface area contributed by atoms with Crippen molar-refractivity contribution >= 4 is 45.0 Å². The van der Waals surface area contributed by atoms with E-state index in [0.29, 0.717) is 34.6 Å². The van der Waals surface area contributed by atoms with Crippen molar-refractivity contribution in [1.29, 1.82) is 5.26 Å². The molecule has 0 aliphatic carbocycles. The van der Waals surface area contributed by atoms with E-state index in [2.05, 4.69) is 20.9 Å². The van der Waals surface area contributed by atoms with E-state index < -0.39 is 0 Å². The van der Waals surface area contributed by atoms with Gasteiger partial charge in [-0.2, -0.15) is 5.26 Å². The molecule has 2 heterocycles. The summed E-state index contributed by atoms with van der Waals surface area (Å²) in [6.45, 7) is 3.13. The SMILES string of the molecule is CC(Oc1ccc(C#N)cn1)C1CN(C(=O)CBr)CC1c1ccc(Cl)c(Cl)c1. The van der Waals surface area contributed by atoms with E-state index in [4.69, 9.17) is 33.2 Å². The summed E-state index contributed by atoms with van der Waals surface area (Å²) in [5.41, 5.74) is 1.50. The number of nitriles is 1. The number of hydrogen-bond acceptors (Lipinski definition) is 4. The van der Waals surface area contributed by atoms with Gasteiger partial charge >= 0.3 is 0 Å². The molecule has 3 atom stereocenters. The van der Waals surface area contributed by atoms with Crippen molar-refractivity contribution in [2.75, 3.05) is 18.4 Å². The van der Waals surface area contributed by atoms with Gasteiger partial charge in [0.15, 0.2) is 0 Å². The molecule has 0 bridgehead atoms. The number of halogens is 3. The second-order valence-electron chi connectivity index (χ2n) is 6.70. The molecule has 0 N–H and O–H groups in total. The van der Waals surface area contributed by atoms with Crippen LogP contribution in [0, 0.1) is 17.2 Å². The zero-order chi connectivity index (χ0) is 20.3. The molecule has 5 nitrogen and oxygen atoms in total. The molecule has 28 heavy (non-hydrogen) atoms. The molecule has 3 unspecified atom stereocenters. The monoisotopic (exact) mass is 481 g/mol. The number of alkyl halides is 1. The van der Waals surface area contributed by atoms with Gasteiger partial charge in [0, 0.05) is 37.2 Å². The van der Waals surface area contributed by atoms with Crippen LogP contribution in [0.5, 0.6) is 5.88 Å². The minimum atomic E-state index is -0.201. The van der Waals surface area contributed by atoms with Gasteiger partial charge in [0.2, 0.25) is 11.8 Å². The predicted octanol–water partition coefficient (Wildman–Crippen LogP) is 4.66. The van der Waals surface area contributed by atoms with Gasteiger partial charge in [-0.3, -0.25) is 4.79 Å². The van der Waals surface area contributed by atoms with Gasteiger partial charge in [-0.25, -0.2) is 4.98 Å². The molecular formula is C20H18BrCl2N3O2. The first kappa shape index (κ1) is 20.9. The number of rotatable bonds is 5. The summed E-state index contributed by atoms with van der Waals surface area (Å²) >= 11 is 15.5. The fraction of sp³-hybridized carbons (Fsp3) is 0.350. The van der Waals surface area contributed by atoms with E-state index in [1.165, 1.54) is 6.20 Å². The number of carbonyl (C=O) groups is 1. The largest absolute Gasteiger partial charge is 0.474 e. The number of likely N-dealkylation sites (tertiary alicyclic amines) is 1. The van der Waals surface area contributed by atoms with Gasteiger partial charge in [-0.15, -0.1) is 0 Å². The molecule has 0 saturated carbocycles. The highest BCUT2D eigenvalue weighted by molar-refractivity contribution is 9.09. The van der Waals surface area contributed by atoms with Gasteiger partial charge in [0.05, 0.1) is 20.9 Å². The first-order valence-electron chi connectivity index (χ1n) is 8.74. The molecule has 1 amide bonds. The Bertz CT molecular complexity index is 901. The number of pyridine rings is 1. The lowest BCUT2D eigenvalue weighted by Crippen LogP contribution is -2.32. The van der Waals surface area contributed by atoms with Crippen LogP contribution in [0.3, 0.4) is 0 Å². The lowest BCUT2D eigenvalue weighted by atomic mass is 9.86. The van der Waals surface area contributed by atoms with Crippen molar-refractivity contribution in [2.24, 2.45) is 5.92 Å². The van der Waals surface area contributed by atoms with Crippen LogP contribution in [0.1, 0.15) is 24.0 Å². The molecular weight excluding hydrogens is 465 g/mol. The van der Waals surface area contributed by atoms with Crippen LogP contribution in [0.15, 0.2) is 36.5 Å². The predicted molar refractivity (Wildman–Crippen MR) is 112 cm³/mol. The summed E-state index contributed by atoms with van der Waals surface area (Å²) in [7, 11) is 0. The van der Waals surface area contributed by atoms with Crippen molar-refractivity contribution in [3.63, 3.8) is 0 Å². The summed E-state index contributed by atoms with van der Waals surface area (Å²) < 4.78 is 6.04. The molecule has 2 aromatic rings. The van der Waals surface area contributed by atoms with E-state index >= 15 is 0 Å². The molecule has 0 radical (unpaired) electrons. The third-order valence-electron chi connectivity index (χ3n) is 4.98. The van der Waals surface area contributed by atoms with Crippen molar-refractivity contribution in [3.8, 4) is 11.9 Å². The number of ether oxygens (including phenoxy) is 1. The number of amides is 1. The zero-order valence-electron chi connectivity index (χ0n) is 15.1. The van der Waals surface area contributed by atoms with Crippen molar-refractivity contribution in [3.05, 3.63) is 57.7 Å². The standard InChI is InChI=1S/C20H18BrCl2N3O2/c1-12(28-19-5-2-13(8-24)9-25-19)15-10-26(20(27)7-21)11-16(15)14-3-4-17(22)18(23)6-14/h2-6,9,12,15-16H,7,10-11H2,1H3. The summed E-state index contributed by atoms with van der Waals surface area (Å²) in [5.74, 6) is 0.602. The molecule has 1 fully saturated rings. The van der Waals surface area contributed by atoms with E-state index in [0.717, 1.165) is 5.56 Å². The molecule has 1 aliphatic rings. The Morgan fingerprint density at radius 2 is 2.14 bits per heavy atom. The first-order chi connectivity index (χ1) is 13.4. The van der Waals surface area contributed by atoms with E-state index in [-0.39, 0.29) is 29.2 Å². The Hall–Kier alpha value is -1.81. The Labute approximate surface area is 182 Å². The lowest BCUT2D eigenvalue weighted by molar-refractivity contribution is -0.127. The summed E-state index contributed by atoms with van der Waals surface area (Å²) in [4.78, 5) is 18.3. The van der Waals surface area contributed by atoms with Crippen LogP contribution in [-0.4, -0.2) is 40.3 Å². The molecule has 0 spiro atoms. The van der Waals surface area contributed by atoms with Gasteiger partial charge in [-0.05, 0) is 30.7 Å². The molecule has 3 rings (SSSR count). The highest BCUT2D eigenvalue weighted by Gasteiger charge is 2.40. The molecule has 146 valence electrons. The number of aromatic nitrogens is 1. The Balaban J connectivity index is 1.84.